The van der Waals surface area contributed by atoms with Gasteiger partial charge in [-0.2, -0.15) is 0 Å². The van der Waals surface area contributed by atoms with Crippen LogP contribution in [0.1, 0.15) is 117 Å². The van der Waals surface area contributed by atoms with Crippen LogP contribution >= 0.6 is 0 Å². The predicted molar refractivity (Wildman–Crippen MR) is 413 cm³/mol. The molecule has 2 saturated carbocycles. The molecule has 6 fully saturated rings. The molecule has 11 aromatic rings. The Morgan fingerprint density at radius 2 is 0.605 bits per heavy atom. The molecule has 2 aliphatic carbocycles. The quantitative estimate of drug-likeness (QED) is 0.0139. The maximum absolute atomic E-state index is 16.8. The number of phenolic OH excluding ortho intramolecular Hbond substituents is 2. The van der Waals surface area contributed by atoms with Crippen molar-refractivity contribution in [3.63, 3.8) is 0 Å². The molecule has 0 bridgehead atoms. The number of aromatic hydroxyl groups is 2. The molecule has 6 heterocycles. The lowest BCUT2D eigenvalue weighted by Gasteiger charge is -2.36. The topological polar surface area (TPSA) is 292 Å². The number of rotatable bonds is 30. The molecule has 4 amide bonds. The second-order valence-corrected chi connectivity index (χ2v) is 30.2. The lowest BCUT2D eigenvalue weighted by molar-refractivity contribution is -0.156. The SMILES string of the molecule is O=C(OC1CCCCC1)C(Cc1ccc(O)cc1)N1C(=O)c2cc(Oc3cccc(OCC4CO4)c3)c3c4c(Oc5cccc(OCC6CO6)c5)cc5c6c(cc(Oc7cccc(OCC8CO8)c7)c(c7c(Oc8cccc(OCC9CO9)c8)cc(c2c37)C1=O)c64)C(=O)N(C(Cc1ccc(O)cc1)C(=O)OC1CCCCC1)C5=O. The molecule has 0 aromatic heterocycles. The smallest absolute Gasteiger partial charge is 0.330 e. The van der Waals surface area contributed by atoms with E-state index in [4.69, 9.17) is 66.3 Å². The summed E-state index contributed by atoms with van der Waals surface area (Å²) in [6.07, 6.45) is 5.45. The monoisotopic (exact) mass is 1540 g/mol. The fourth-order valence-corrected chi connectivity index (χ4v) is 16.0. The minimum absolute atomic E-state index is 0.0380. The Hall–Kier alpha value is -12.2. The van der Waals surface area contributed by atoms with Crippen molar-refractivity contribution in [3.8, 4) is 80.5 Å². The zero-order valence-electron chi connectivity index (χ0n) is 61.9. The fraction of sp³-hybridized carbons (Fsp3) is 0.311. The molecule has 6 atom stereocenters. The number of carbonyl (C=O) groups excluding carboxylic acids is 6. The second-order valence-electron chi connectivity index (χ2n) is 30.2. The van der Waals surface area contributed by atoms with Crippen molar-refractivity contribution in [3.05, 3.63) is 203 Å². The number of imide groups is 2. The van der Waals surface area contributed by atoms with Crippen LogP contribution in [0.4, 0.5) is 0 Å². The Morgan fingerprint density at radius 1 is 0.342 bits per heavy atom. The zero-order valence-corrected chi connectivity index (χ0v) is 61.9. The van der Waals surface area contributed by atoms with Gasteiger partial charge in [0.1, 0.15) is 156 Å². The van der Waals surface area contributed by atoms with Crippen LogP contribution in [-0.2, 0) is 50.9 Å². The van der Waals surface area contributed by atoms with Crippen LogP contribution in [0.2, 0.25) is 0 Å². The van der Waals surface area contributed by atoms with Crippen molar-refractivity contribution in [2.24, 2.45) is 0 Å². The Bertz CT molecular complexity index is 5030. The minimum atomic E-state index is -1.59. The first-order chi connectivity index (χ1) is 55.7. The largest absolute Gasteiger partial charge is 0.508 e. The Kier molecular flexibility index (Phi) is 19.2. The number of hydrogen-bond donors (Lipinski definition) is 2. The summed E-state index contributed by atoms with van der Waals surface area (Å²) in [5.41, 5.74) is 0.602. The van der Waals surface area contributed by atoms with Crippen LogP contribution in [0.15, 0.2) is 170 Å². The van der Waals surface area contributed by atoms with Crippen molar-refractivity contribution < 1.29 is 105 Å². The summed E-state index contributed by atoms with van der Waals surface area (Å²) >= 11 is 0. The van der Waals surface area contributed by atoms with Gasteiger partial charge >= 0.3 is 11.9 Å². The van der Waals surface area contributed by atoms with Gasteiger partial charge in [-0.05, 0) is 160 Å². The lowest BCUT2D eigenvalue weighted by atomic mass is 9.80. The van der Waals surface area contributed by atoms with Crippen molar-refractivity contribution in [1.82, 2.24) is 9.80 Å². The highest BCUT2D eigenvalue weighted by molar-refractivity contribution is 6.45. The number of esters is 2. The summed E-state index contributed by atoms with van der Waals surface area (Å²) in [4.78, 5) is 99.8. The van der Waals surface area contributed by atoms with E-state index >= 15 is 28.8 Å². The molecule has 24 heteroatoms. The highest BCUT2D eigenvalue weighted by Gasteiger charge is 2.48. The van der Waals surface area contributed by atoms with Crippen LogP contribution in [-0.4, -0.2) is 157 Å². The molecule has 580 valence electrons. The van der Waals surface area contributed by atoms with Gasteiger partial charge in [-0.3, -0.25) is 29.0 Å². The first kappa shape index (κ1) is 72.1. The standard InChI is InChI=1S/C90H78N2O22/c93-51-27-23-49(24-28-51)31-71(89(99)113-53-11-3-1-4-12-53)91-85(95)67-37-73(109-59-19-7-15-55(33-59)101-41-63-45-105-63)79-81-75(111-61-21-9-17-57(35-61)103-43-65-47-107-65)39-69-78-70(88(98)92(87(69)97)72(32-50-25-29-52(94)30-26-50)90(100)114-54-13-5-2-6-14-54)40-76(112-62-22-10-18-58(36-62)104-44-66-48-108-66)82(84(78)81)80-74(38-68(86(91)96)77(67)83(79)80)110-60-20-8-16-56(34-60)102-42-64-46-106-64/h7-10,15-30,33-40,53-54,63-66,71-72,93-94H,1-6,11-14,31-32,41-48H2. The highest BCUT2D eigenvalue weighted by atomic mass is 16.6. The number of ether oxygens (including phenoxy) is 14. The van der Waals surface area contributed by atoms with Gasteiger partial charge < -0.3 is 76.5 Å². The van der Waals surface area contributed by atoms with Crippen molar-refractivity contribution in [1.29, 1.82) is 0 Å². The number of fused-ring (bicyclic) bond motifs is 2. The third kappa shape index (κ3) is 14.9. The lowest BCUT2D eigenvalue weighted by Crippen LogP contribution is -2.52. The molecular weight excluding hydrogens is 1460 g/mol. The maximum Gasteiger partial charge on any atom is 0.330 e. The van der Waals surface area contributed by atoms with Crippen molar-refractivity contribution in [2.45, 2.75) is 126 Å². The van der Waals surface area contributed by atoms with Crippen LogP contribution in [0.25, 0.3) is 43.1 Å². The highest BCUT2D eigenvalue weighted by Crippen LogP contribution is 2.59. The minimum Gasteiger partial charge on any atom is -0.508 e. The number of nitrogens with zero attached hydrogens (tertiary/aromatic N) is 2. The van der Waals surface area contributed by atoms with Gasteiger partial charge in [0.15, 0.2) is 0 Å². The molecule has 114 heavy (non-hydrogen) atoms. The van der Waals surface area contributed by atoms with Crippen LogP contribution in [0, 0.1) is 0 Å². The summed E-state index contributed by atoms with van der Waals surface area (Å²) in [6, 6.07) is 42.7. The van der Waals surface area contributed by atoms with E-state index in [1.54, 1.807) is 121 Å². The average molecular weight is 1540 g/mol. The van der Waals surface area contributed by atoms with Crippen LogP contribution in [0.5, 0.6) is 80.5 Å². The normalized spacial score (nSPS) is 19.5. The van der Waals surface area contributed by atoms with E-state index < -0.39 is 59.9 Å². The molecule has 2 N–H and O–H groups in total. The number of carbonyl (C=O) groups is 6. The van der Waals surface area contributed by atoms with E-state index in [1.807, 2.05) is 0 Å². The third-order valence-electron chi connectivity index (χ3n) is 22.0. The predicted octanol–water partition coefficient (Wildman–Crippen LogP) is 15.6. The summed E-state index contributed by atoms with van der Waals surface area (Å²) in [6.45, 7) is 3.01. The van der Waals surface area contributed by atoms with Crippen LogP contribution < -0.4 is 37.9 Å². The zero-order chi connectivity index (χ0) is 77.2. The van der Waals surface area contributed by atoms with Gasteiger partial charge in [-0.1, -0.05) is 61.4 Å². The number of hydrogen-bond acceptors (Lipinski definition) is 22. The van der Waals surface area contributed by atoms with E-state index in [0.717, 1.165) is 48.3 Å². The van der Waals surface area contributed by atoms with E-state index in [0.29, 0.717) is 86.2 Å². The molecule has 24 nitrogen and oxygen atoms in total. The number of amides is 4. The first-order valence-electron chi connectivity index (χ1n) is 38.9. The maximum atomic E-state index is 16.8. The number of phenols is 2. The van der Waals surface area contributed by atoms with Gasteiger partial charge in [-0.15, -0.1) is 0 Å². The van der Waals surface area contributed by atoms with Gasteiger partial charge in [0.05, 0.1) is 48.7 Å². The van der Waals surface area contributed by atoms with Gasteiger partial charge in [-0.25, -0.2) is 9.59 Å². The molecule has 6 unspecified atom stereocenters. The summed E-state index contributed by atoms with van der Waals surface area (Å²) in [5.74, 6) is -3.05. The molecule has 8 aliphatic rings. The summed E-state index contributed by atoms with van der Waals surface area (Å²) < 4.78 is 89.5. The second kappa shape index (κ2) is 30.4. The molecule has 4 saturated heterocycles. The third-order valence-corrected chi connectivity index (χ3v) is 22.0. The van der Waals surface area contributed by atoms with E-state index in [2.05, 4.69) is 0 Å². The molecular formula is C90H78N2O22. The van der Waals surface area contributed by atoms with E-state index in [1.165, 1.54) is 48.5 Å². The molecule has 0 spiro atoms. The molecule has 11 aromatic carbocycles. The van der Waals surface area contributed by atoms with Gasteiger partial charge in [0, 0.05) is 80.2 Å². The summed E-state index contributed by atoms with van der Waals surface area (Å²) in [5, 5.41) is 22.3. The van der Waals surface area contributed by atoms with E-state index in [9.17, 15) is 10.2 Å². The molecule has 6 aliphatic heterocycles. The number of epoxide rings is 4. The number of benzene rings is 11. The molecule has 19 rings (SSSR count). The summed E-state index contributed by atoms with van der Waals surface area (Å²) in [7, 11) is 0. The van der Waals surface area contributed by atoms with Crippen LogP contribution in [0.3, 0.4) is 0 Å². The molecule has 0 radical (unpaired) electrons. The Labute approximate surface area is 653 Å². The Balaban J connectivity index is 0.914. The van der Waals surface area contributed by atoms with Crippen molar-refractivity contribution >= 4 is 78.7 Å². The Morgan fingerprint density at radius 3 is 0.868 bits per heavy atom. The van der Waals surface area contributed by atoms with E-state index in [-0.39, 0.29) is 187 Å². The first-order valence-corrected chi connectivity index (χ1v) is 38.9. The average Bonchev–Trinajstić information content (AvgIpc) is 0.814. The van der Waals surface area contributed by atoms with Gasteiger partial charge in [0.2, 0.25) is 0 Å². The fourth-order valence-electron chi connectivity index (χ4n) is 16.0. The van der Waals surface area contributed by atoms with Crippen molar-refractivity contribution in [2.75, 3.05) is 52.9 Å². The van der Waals surface area contributed by atoms with Gasteiger partial charge in [0.25, 0.3) is 23.6 Å².